The van der Waals surface area contributed by atoms with Crippen molar-refractivity contribution in [1.82, 2.24) is 4.98 Å². The molecule has 0 aliphatic rings. The molecule has 0 fully saturated rings. The number of benzene rings is 1. The fourth-order valence-corrected chi connectivity index (χ4v) is 2.83. The number of aryl methyl sites for hydroxylation is 1. The molecule has 2 N–H and O–H groups in total. The Morgan fingerprint density at radius 3 is 2.73 bits per heavy atom. The number of aromatic nitrogens is 1. The van der Waals surface area contributed by atoms with Gasteiger partial charge in [-0.1, -0.05) is 19.9 Å². The van der Waals surface area contributed by atoms with Crippen molar-refractivity contribution < 1.29 is 13.9 Å². The van der Waals surface area contributed by atoms with E-state index in [4.69, 9.17) is 14.9 Å². The van der Waals surface area contributed by atoms with Crippen LogP contribution in [0.3, 0.4) is 0 Å². The quantitative estimate of drug-likeness (QED) is 0.554. The molecular weight excluding hydrogens is 332 g/mol. The summed E-state index contributed by atoms with van der Waals surface area (Å²) in [6, 6.07) is 6.99. The first-order chi connectivity index (χ1) is 12.4. The van der Waals surface area contributed by atoms with Gasteiger partial charge in [-0.2, -0.15) is 4.98 Å². The second-order valence-electron chi connectivity index (χ2n) is 6.69. The van der Waals surface area contributed by atoms with E-state index in [9.17, 15) is 9.59 Å². The van der Waals surface area contributed by atoms with Crippen LogP contribution in [0.1, 0.15) is 43.1 Å². The van der Waals surface area contributed by atoms with Crippen molar-refractivity contribution in [1.29, 1.82) is 0 Å². The molecule has 0 aliphatic carbocycles. The number of pyridine rings is 1. The van der Waals surface area contributed by atoms with E-state index < -0.39 is 5.97 Å². The van der Waals surface area contributed by atoms with E-state index in [1.54, 1.807) is 13.0 Å². The van der Waals surface area contributed by atoms with Gasteiger partial charge in [0.2, 0.25) is 11.1 Å². The lowest BCUT2D eigenvalue weighted by Gasteiger charge is -2.08. The van der Waals surface area contributed by atoms with Gasteiger partial charge in [0.25, 0.3) is 0 Å². The maximum Gasteiger partial charge on any atom is 0.341 e. The first-order valence-corrected chi connectivity index (χ1v) is 8.73. The van der Waals surface area contributed by atoms with Crippen molar-refractivity contribution in [2.24, 2.45) is 5.92 Å². The number of carbonyl (C=O) groups is 1. The number of carbonyl (C=O) groups excluding carboxylic acids is 1. The minimum atomic E-state index is -0.607. The molecule has 0 unspecified atom stereocenters. The molecule has 26 heavy (non-hydrogen) atoms. The molecule has 0 amide bonds. The Labute approximate surface area is 151 Å². The van der Waals surface area contributed by atoms with E-state index in [0.717, 1.165) is 18.4 Å². The monoisotopic (exact) mass is 354 g/mol. The Balaban J connectivity index is 2.16. The highest BCUT2D eigenvalue weighted by molar-refractivity contribution is 5.99. The lowest BCUT2D eigenvalue weighted by atomic mass is 10.0. The van der Waals surface area contributed by atoms with E-state index in [1.165, 1.54) is 6.07 Å². The van der Waals surface area contributed by atoms with Crippen molar-refractivity contribution in [3.63, 3.8) is 0 Å². The zero-order valence-corrected chi connectivity index (χ0v) is 15.2. The number of rotatable bonds is 5. The van der Waals surface area contributed by atoms with Gasteiger partial charge in [-0.3, -0.25) is 4.79 Å². The van der Waals surface area contributed by atoms with Gasteiger partial charge in [-0.05, 0) is 49.4 Å². The van der Waals surface area contributed by atoms with E-state index in [2.05, 4.69) is 18.8 Å². The molecule has 0 spiro atoms. The minimum Gasteiger partial charge on any atom is -0.462 e. The van der Waals surface area contributed by atoms with Crippen LogP contribution in [0.5, 0.6) is 0 Å². The smallest absolute Gasteiger partial charge is 0.341 e. The molecule has 6 heteroatoms. The van der Waals surface area contributed by atoms with E-state index in [0.29, 0.717) is 16.9 Å². The van der Waals surface area contributed by atoms with Gasteiger partial charge < -0.3 is 14.9 Å². The van der Waals surface area contributed by atoms with Gasteiger partial charge in [0, 0.05) is 0 Å². The summed E-state index contributed by atoms with van der Waals surface area (Å²) >= 11 is 0. The van der Waals surface area contributed by atoms with Gasteiger partial charge in [0.1, 0.15) is 17.0 Å². The van der Waals surface area contributed by atoms with Gasteiger partial charge >= 0.3 is 5.97 Å². The lowest BCUT2D eigenvalue weighted by molar-refractivity contribution is 0.0527. The summed E-state index contributed by atoms with van der Waals surface area (Å²) in [7, 11) is 0. The number of anilines is 1. The fourth-order valence-electron chi connectivity index (χ4n) is 2.83. The molecule has 2 heterocycles. The van der Waals surface area contributed by atoms with E-state index in [1.807, 2.05) is 12.1 Å². The van der Waals surface area contributed by atoms with Gasteiger partial charge in [-0.25, -0.2) is 4.79 Å². The number of fused-ring (bicyclic) bond motifs is 2. The van der Waals surface area contributed by atoms with Crippen molar-refractivity contribution in [2.75, 3.05) is 12.3 Å². The van der Waals surface area contributed by atoms with Crippen LogP contribution in [0.4, 0.5) is 5.82 Å². The third kappa shape index (κ3) is 3.40. The van der Waals surface area contributed by atoms with Crippen LogP contribution in [-0.2, 0) is 11.2 Å². The predicted molar refractivity (Wildman–Crippen MR) is 101 cm³/mol. The van der Waals surface area contributed by atoms with Gasteiger partial charge in [0.15, 0.2) is 0 Å². The van der Waals surface area contributed by atoms with Crippen molar-refractivity contribution in [3.8, 4) is 0 Å². The van der Waals surface area contributed by atoms with Crippen molar-refractivity contribution in [2.45, 2.75) is 33.6 Å². The normalized spacial score (nSPS) is 11.4. The average molecular weight is 354 g/mol. The molecule has 3 rings (SSSR count). The van der Waals surface area contributed by atoms with E-state index >= 15 is 0 Å². The lowest BCUT2D eigenvalue weighted by Crippen LogP contribution is -2.12. The summed E-state index contributed by atoms with van der Waals surface area (Å²) < 4.78 is 10.7. The third-order valence-electron chi connectivity index (χ3n) is 4.26. The molecular formula is C20H22N2O4. The molecule has 0 bridgehead atoms. The molecule has 6 nitrogen and oxygen atoms in total. The summed E-state index contributed by atoms with van der Waals surface area (Å²) in [6.45, 7) is 6.23. The minimum absolute atomic E-state index is 0.0213. The van der Waals surface area contributed by atoms with Crippen LogP contribution in [0.25, 0.3) is 22.1 Å². The summed E-state index contributed by atoms with van der Waals surface area (Å²) in [5.74, 6) is -0.0467. The number of nitrogens with zero attached hydrogens (tertiary/aromatic N) is 1. The number of nitrogens with two attached hydrogens (primary N) is 1. The first kappa shape index (κ1) is 17.9. The molecule has 0 saturated heterocycles. The fraction of sp³-hybridized carbons (Fsp3) is 0.350. The largest absolute Gasteiger partial charge is 0.462 e. The number of hydrogen-bond donors (Lipinski definition) is 1. The highest BCUT2D eigenvalue weighted by Gasteiger charge is 2.17. The van der Waals surface area contributed by atoms with Crippen LogP contribution in [-0.4, -0.2) is 17.6 Å². The number of hydrogen-bond acceptors (Lipinski definition) is 6. The topological polar surface area (TPSA) is 95.4 Å². The maximum absolute atomic E-state index is 12.9. The standard InChI is InChI=1S/C20H22N2O4/c1-4-25-20(24)15-10-14-17(23)13-9-12(6-5-11(2)3)7-8-16(13)26-19(14)22-18(15)21/h7-11H,4-6H2,1-3H3,(H2,21,22). The molecule has 0 atom stereocenters. The number of esters is 1. The zero-order valence-electron chi connectivity index (χ0n) is 15.2. The number of nitrogen functional groups attached to an aromatic ring is 1. The Kier molecular flexibility index (Phi) is 4.93. The zero-order chi connectivity index (χ0) is 18.8. The van der Waals surface area contributed by atoms with Crippen LogP contribution in [0.2, 0.25) is 0 Å². The second-order valence-corrected chi connectivity index (χ2v) is 6.69. The number of ether oxygens (including phenoxy) is 1. The second kappa shape index (κ2) is 7.15. The van der Waals surface area contributed by atoms with Crippen molar-refractivity contribution in [3.05, 3.63) is 45.6 Å². The summed E-state index contributed by atoms with van der Waals surface area (Å²) in [5.41, 5.74) is 7.31. The molecule has 136 valence electrons. The third-order valence-corrected chi connectivity index (χ3v) is 4.26. The van der Waals surface area contributed by atoms with Crippen LogP contribution in [0, 0.1) is 5.92 Å². The molecule has 0 saturated carbocycles. The Morgan fingerprint density at radius 2 is 2.04 bits per heavy atom. The maximum atomic E-state index is 12.9. The molecule has 0 aliphatic heterocycles. The van der Waals surface area contributed by atoms with E-state index in [-0.39, 0.29) is 34.5 Å². The van der Waals surface area contributed by atoms with Crippen LogP contribution in [0.15, 0.2) is 33.5 Å². The summed E-state index contributed by atoms with van der Waals surface area (Å²) in [6.07, 6.45) is 1.93. The van der Waals surface area contributed by atoms with Crippen molar-refractivity contribution >= 4 is 33.9 Å². The molecule has 2 aromatic heterocycles. The van der Waals surface area contributed by atoms with Gasteiger partial charge in [-0.15, -0.1) is 0 Å². The Bertz CT molecular complexity index is 1040. The molecule has 1 aromatic carbocycles. The SMILES string of the molecule is CCOC(=O)c1cc2c(=O)c3cc(CCC(C)C)ccc3oc2nc1N. The molecule has 0 radical (unpaired) electrons. The average Bonchev–Trinajstić information content (AvgIpc) is 2.60. The summed E-state index contributed by atoms with van der Waals surface area (Å²) in [4.78, 5) is 29.0. The highest BCUT2D eigenvalue weighted by Crippen LogP contribution is 2.23. The highest BCUT2D eigenvalue weighted by atomic mass is 16.5. The predicted octanol–water partition coefficient (Wildman–Crippen LogP) is 3.69. The van der Waals surface area contributed by atoms with Gasteiger partial charge in [0.05, 0.1) is 17.4 Å². The Hall–Kier alpha value is -2.89. The molecule has 3 aromatic rings. The van der Waals surface area contributed by atoms with Crippen LogP contribution < -0.4 is 11.2 Å². The first-order valence-electron chi connectivity index (χ1n) is 8.73. The van der Waals surface area contributed by atoms with Crippen LogP contribution >= 0.6 is 0 Å². The summed E-state index contributed by atoms with van der Waals surface area (Å²) in [5, 5.41) is 0.691. The Morgan fingerprint density at radius 1 is 1.27 bits per heavy atom.